The van der Waals surface area contributed by atoms with E-state index in [-0.39, 0.29) is 0 Å². The van der Waals surface area contributed by atoms with Gasteiger partial charge in [-0.1, -0.05) is 243 Å². The van der Waals surface area contributed by atoms with Crippen molar-refractivity contribution in [3.63, 3.8) is 0 Å². The molecule has 11 heteroatoms. The average molecular weight is 1470 g/mol. The maximum absolute atomic E-state index is 7.31. The molecule has 0 saturated carbocycles. The van der Waals surface area contributed by atoms with Crippen molar-refractivity contribution >= 4 is 141 Å². The van der Waals surface area contributed by atoms with E-state index in [2.05, 4.69) is 358 Å². The largest absolute Gasteiger partial charge is 0.455 e. The van der Waals surface area contributed by atoms with Gasteiger partial charge in [0.05, 0.1) is 66.3 Å². The van der Waals surface area contributed by atoms with Crippen LogP contribution in [0.1, 0.15) is 0 Å². The molecule has 0 atom stereocenters. The summed E-state index contributed by atoms with van der Waals surface area (Å²) in [5.41, 5.74) is 24.5. The first-order chi connectivity index (χ1) is 56.5. The molecule has 114 heavy (non-hydrogen) atoms. The first kappa shape index (κ1) is 63.7. The molecule has 10 nitrogen and oxygen atoms in total. The minimum Gasteiger partial charge on any atom is -0.455 e. The van der Waals surface area contributed by atoms with E-state index in [9.17, 15) is 0 Å². The van der Waals surface area contributed by atoms with E-state index >= 15 is 0 Å². The fourth-order valence-electron chi connectivity index (χ4n) is 17.9. The van der Waals surface area contributed by atoms with Crippen LogP contribution in [0, 0.1) is 0 Å². The van der Waals surface area contributed by atoms with Crippen LogP contribution in [0.3, 0.4) is 0 Å². The lowest BCUT2D eigenvalue weighted by molar-refractivity contribution is 0.677. The maximum atomic E-state index is 7.31. The third-order valence-corrected chi connectivity index (χ3v) is 24.1. The molecule has 0 aliphatic rings. The van der Waals surface area contributed by atoms with Gasteiger partial charge in [0.2, 0.25) is 0 Å². The Kier molecular flexibility index (Phi) is 14.1. The summed E-state index contributed by atoms with van der Waals surface area (Å²) in [4.78, 5) is 26.4. The van der Waals surface area contributed by atoms with Crippen molar-refractivity contribution in [3.8, 4) is 102 Å². The number of hydrogen-bond acceptors (Lipinski definition) is 7. The van der Waals surface area contributed by atoms with Crippen molar-refractivity contribution in [2.75, 3.05) is 0 Å². The van der Waals surface area contributed by atoms with Crippen molar-refractivity contribution in [2.45, 2.75) is 0 Å². The Hall–Kier alpha value is -15.2. The number of para-hydroxylation sites is 5. The Bertz CT molecular complexity index is 8020. The molecule has 8 aromatic heterocycles. The van der Waals surface area contributed by atoms with Crippen molar-refractivity contribution in [1.29, 1.82) is 0 Å². The lowest BCUT2D eigenvalue weighted by atomic mass is 9.97. The fraction of sp³-hybridized carbons (Fsp3) is 0. The number of thiophene rings is 1. The van der Waals surface area contributed by atoms with Crippen LogP contribution in [-0.4, -0.2) is 43.2 Å². The summed E-state index contributed by atoms with van der Waals surface area (Å²) in [6.07, 6.45) is 0. The van der Waals surface area contributed by atoms with E-state index in [4.69, 9.17) is 29.3 Å². The summed E-state index contributed by atoms with van der Waals surface area (Å²) in [5, 5.41) is 13.8. The number of furan rings is 1. The van der Waals surface area contributed by atoms with Crippen molar-refractivity contribution in [3.05, 3.63) is 370 Å². The van der Waals surface area contributed by atoms with Crippen LogP contribution < -0.4 is 0 Å². The van der Waals surface area contributed by atoms with Gasteiger partial charge in [-0.15, -0.1) is 11.3 Å². The normalized spacial score (nSPS) is 12.0. The Morgan fingerprint density at radius 2 is 0.570 bits per heavy atom. The summed E-state index contributed by atoms with van der Waals surface area (Å²) < 4.78 is 19.3. The van der Waals surface area contributed by atoms with E-state index < -0.39 is 0 Å². The van der Waals surface area contributed by atoms with Crippen LogP contribution in [0.2, 0.25) is 0 Å². The lowest BCUT2D eigenvalue weighted by Crippen LogP contribution is -2.01. The van der Waals surface area contributed by atoms with E-state index in [1.807, 2.05) is 41.7 Å². The first-order valence-electron chi connectivity index (χ1n) is 38.4. The molecule has 0 fully saturated rings. The zero-order valence-electron chi connectivity index (χ0n) is 61.1. The molecule has 24 aromatic rings. The molecule has 0 aliphatic heterocycles. The molecule has 16 aromatic carbocycles. The van der Waals surface area contributed by atoms with Gasteiger partial charge < -0.3 is 22.7 Å². The molecule has 0 saturated heterocycles. The zero-order chi connectivity index (χ0) is 74.6. The highest BCUT2D eigenvalue weighted by Gasteiger charge is 2.26. The second kappa shape index (κ2) is 25.2. The van der Waals surface area contributed by atoms with Crippen LogP contribution in [-0.2, 0) is 0 Å². The summed E-state index contributed by atoms with van der Waals surface area (Å²) >= 11 is 1.85. The van der Waals surface area contributed by atoms with Gasteiger partial charge in [-0.2, -0.15) is 0 Å². The summed E-state index contributed by atoms with van der Waals surface area (Å²) in [7, 11) is 0. The van der Waals surface area contributed by atoms with E-state index in [1.165, 1.54) is 41.7 Å². The predicted molar refractivity (Wildman–Crippen MR) is 471 cm³/mol. The van der Waals surface area contributed by atoms with Crippen LogP contribution in [0.5, 0.6) is 0 Å². The molecule has 24 rings (SSSR count). The van der Waals surface area contributed by atoms with Gasteiger partial charge >= 0.3 is 0 Å². The van der Waals surface area contributed by atoms with Gasteiger partial charge in [-0.25, -0.2) is 24.9 Å². The molecule has 0 bridgehead atoms. The van der Waals surface area contributed by atoms with Gasteiger partial charge in [0, 0.05) is 119 Å². The van der Waals surface area contributed by atoms with Crippen molar-refractivity contribution in [1.82, 2.24) is 43.2 Å². The van der Waals surface area contributed by atoms with Crippen molar-refractivity contribution < 1.29 is 4.42 Å². The molecule has 0 unspecified atom stereocenters. The molecule has 0 radical (unpaired) electrons. The highest BCUT2D eigenvalue weighted by atomic mass is 32.1. The maximum Gasteiger partial charge on any atom is 0.164 e. The third-order valence-electron chi connectivity index (χ3n) is 23.0. The molecular formula is C103H61N9OS. The molecule has 530 valence electrons. The number of aromatic nitrogens is 9. The molecule has 0 amide bonds. The molecule has 8 heterocycles. The van der Waals surface area contributed by atoms with E-state index in [0.717, 1.165) is 166 Å². The minimum absolute atomic E-state index is 0.571. The predicted octanol–water partition coefficient (Wildman–Crippen LogP) is 27.0. The Balaban J connectivity index is 0.616. The second-order valence-electron chi connectivity index (χ2n) is 29.4. The lowest BCUT2D eigenvalue weighted by Gasteiger charge is -2.12. The van der Waals surface area contributed by atoms with Crippen molar-refractivity contribution in [2.24, 2.45) is 0 Å². The first-order valence-corrected chi connectivity index (χ1v) is 39.3. The number of nitrogens with zero attached hydrogens (tertiary/aromatic N) is 9. The molecule has 0 N–H and O–H groups in total. The monoisotopic (exact) mass is 1470 g/mol. The summed E-state index contributed by atoms with van der Waals surface area (Å²) in [5.74, 6) is 2.41. The summed E-state index contributed by atoms with van der Waals surface area (Å²) in [6, 6.07) is 132. The Morgan fingerprint density at radius 1 is 0.202 bits per heavy atom. The zero-order valence-corrected chi connectivity index (χ0v) is 61.9. The van der Waals surface area contributed by atoms with Crippen LogP contribution in [0.25, 0.3) is 231 Å². The van der Waals surface area contributed by atoms with Gasteiger partial charge in [0.1, 0.15) is 11.2 Å². The smallest absolute Gasteiger partial charge is 0.164 e. The second-order valence-corrected chi connectivity index (χ2v) is 30.5. The van der Waals surface area contributed by atoms with Crippen LogP contribution >= 0.6 is 11.3 Å². The average Bonchev–Trinajstić information content (AvgIpc) is 1.56. The quantitative estimate of drug-likeness (QED) is 0.128. The number of hydrogen-bond donors (Lipinski definition) is 0. The molecule has 0 aliphatic carbocycles. The molecular weight excluding hydrogens is 1410 g/mol. The molecule has 0 spiro atoms. The topological polar surface area (TPSA) is 97.3 Å². The highest BCUT2D eigenvalue weighted by Crippen LogP contribution is 2.49. The minimum atomic E-state index is 0.571. The van der Waals surface area contributed by atoms with E-state index in [1.54, 1.807) is 0 Å². The fourth-order valence-corrected chi connectivity index (χ4v) is 19.0. The SMILES string of the molecule is c1ccc(-c2cc(-c3ccccc3)nc(-c3cccc(-n4c5ccccc5c5cc6c(cc54)sc4cc5c(cc46)c4c(-c6ccc(-c7nc(-c8ccccc8)nc(-c8cccc(-n9c%10ccccc%10c%10c%11oc%12c(ccc%13c%12c%12ccccc%12n%13-c%12ccccc%12)c%11ccc%109)c8)n7)cc6)cccc4n5-c4ccccc4)c3)n2)cc1. The summed E-state index contributed by atoms with van der Waals surface area (Å²) in [6.45, 7) is 0. The van der Waals surface area contributed by atoms with Gasteiger partial charge in [0.25, 0.3) is 0 Å². The highest BCUT2D eigenvalue weighted by molar-refractivity contribution is 7.26. The number of fused-ring (bicyclic) bond motifs is 20. The Labute approximate surface area is 655 Å². The van der Waals surface area contributed by atoms with E-state index in [0.29, 0.717) is 23.3 Å². The van der Waals surface area contributed by atoms with Gasteiger partial charge in [0.15, 0.2) is 23.3 Å². The van der Waals surface area contributed by atoms with Crippen LogP contribution in [0.4, 0.5) is 0 Å². The van der Waals surface area contributed by atoms with Crippen LogP contribution in [0.15, 0.2) is 374 Å². The van der Waals surface area contributed by atoms with Gasteiger partial charge in [-0.3, -0.25) is 0 Å². The third kappa shape index (κ3) is 9.89. The van der Waals surface area contributed by atoms with Gasteiger partial charge in [-0.05, 0) is 139 Å². The number of benzene rings is 16. The number of rotatable bonds is 11. The standard InChI is InChI=1S/C103H61N9OS/c1-6-25-63(26-7-1)83-59-84(64-27-8-2-9-28-64)105-102(104-83)67-31-22-38-72(55-67)112-85-43-19-16-39-74(85)79-57-80-81-58-82-92(61-94(81)114-93(80)60-91(79)112)110(70-35-14-5-15-36-70)88-46-24-42-73(95(82)88)62-47-49-66(50-48-62)101-106-100(65-29-10-3-11-30-65)107-103(108-101)68-32-23-37-71(56-68)111-87-45-21-18-41-78(87)97-90(111)54-52-76-75-51-53-89-96(98(75)113-99(76)97)77-40-17-20-44-86(77)109(89)69-33-12-4-13-34-69/h1-61H. The Morgan fingerprint density at radius 3 is 1.11 bits per heavy atom.